The number of anilines is 1. The maximum atomic E-state index is 12.4. The highest BCUT2D eigenvalue weighted by atomic mass is 32.2. The zero-order valence-electron chi connectivity index (χ0n) is 14.6. The Labute approximate surface area is 157 Å². The van der Waals surface area contributed by atoms with Crippen LogP contribution < -0.4 is 10.6 Å². The van der Waals surface area contributed by atoms with Gasteiger partial charge in [-0.05, 0) is 17.9 Å². The summed E-state index contributed by atoms with van der Waals surface area (Å²) in [5.74, 6) is 0.840. The van der Waals surface area contributed by atoms with Gasteiger partial charge in [0.15, 0.2) is 4.34 Å². The Kier molecular flexibility index (Phi) is 7.94. The maximum absolute atomic E-state index is 12.4. The van der Waals surface area contributed by atoms with Gasteiger partial charge in [-0.2, -0.15) is 0 Å². The average molecular weight is 377 g/mol. The summed E-state index contributed by atoms with van der Waals surface area (Å²) in [6.07, 6.45) is 2.68. The van der Waals surface area contributed by atoms with Crippen molar-refractivity contribution in [2.75, 3.05) is 17.6 Å². The molecule has 0 radical (unpaired) electrons. The largest absolute Gasteiger partial charge is 0.357 e. The second-order valence-electron chi connectivity index (χ2n) is 5.99. The molecule has 2 aromatic rings. The van der Waals surface area contributed by atoms with Gasteiger partial charge >= 0.3 is 0 Å². The van der Waals surface area contributed by atoms with E-state index in [1.165, 1.54) is 23.1 Å². The summed E-state index contributed by atoms with van der Waals surface area (Å²) < 4.78 is 0.779. The molecule has 0 spiro atoms. The van der Waals surface area contributed by atoms with Crippen LogP contribution in [0.3, 0.4) is 0 Å². The zero-order valence-corrected chi connectivity index (χ0v) is 16.2. The van der Waals surface area contributed by atoms with E-state index in [0.717, 1.165) is 21.5 Å². The lowest BCUT2D eigenvalue weighted by molar-refractivity contribution is -0.119. The van der Waals surface area contributed by atoms with Gasteiger partial charge in [-0.1, -0.05) is 73.4 Å². The van der Waals surface area contributed by atoms with Gasteiger partial charge in [-0.25, -0.2) is 0 Å². The molecule has 2 N–H and O–H groups in total. The van der Waals surface area contributed by atoms with E-state index in [-0.39, 0.29) is 11.9 Å². The molecule has 134 valence electrons. The second-order valence-corrected chi connectivity index (χ2v) is 8.19. The van der Waals surface area contributed by atoms with Crippen LogP contribution in [0, 0.1) is 5.92 Å². The molecular formula is C18H24N4OS2. The summed E-state index contributed by atoms with van der Waals surface area (Å²) in [4.78, 5) is 12.4. The molecule has 1 atom stereocenters. The molecule has 1 aromatic carbocycles. The number of carbonyl (C=O) groups excluding carboxylic acids is 1. The molecule has 0 saturated heterocycles. The minimum Gasteiger partial charge on any atom is -0.357 e. The Balaban J connectivity index is 1.88. The lowest BCUT2D eigenvalue weighted by Crippen LogP contribution is -2.30. The van der Waals surface area contributed by atoms with E-state index < -0.39 is 0 Å². The van der Waals surface area contributed by atoms with Crippen LogP contribution in [-0.4, -0.2) is 28.4 Å². The summed E-state index contributed by atoms with van der Waals surface area (Å²) in [5.41, 5.74) is 1.14. The van der Waals surface area contributed by atoms with Crippen LogP contribution in [0.15, 0.2) is 47.3 Å². The van der Waals surface area contributed by atoms with Crippen molar-refractivity contribution in [2.45, 2.75) is 30.6 Å². The van der Waals surface area contributed by atoms with Gasteiger partial charge in [0.2, 0.25) is 11.0 Å². The van der Waals surface area contributed by atoms with Crippen LogP contribution >= 0.6 is 23.1 Å². The maximum Gasteiger partial charge on any atom is 0.230 e. The number of nitrogens with zero attached hydrogens (tertiary/aromatic N) is 2. The number of hydrogen-bond donors (Lipinski definition) is 2. The Morgan fingerprint density at radius 3 is 2.76 bits per heavy atom. The first-order valence-corrected chi connectivity index (χ1v) is 10.0. The minimum atomic E-state index is 0.00954. The Bertz CT molecular complexity index is 673. The van der Waals surface area contributed by atoms with Gasteiger partial charge in [-0.15, -0.1) is 16.8 Å². The predicted molar refractivity (Wildman–Crippen MR) is 106 cm³/mol. The first kappa shape index (κ1) is 19.5. The third kappa shape index (κ3) is 6.88. The molecule has 0 unspecified atom stereocenters. The van der Waals surface area contributed by atoms with Crippen molar-refractivity contribution in [1.82, 2.24) is 15.5 Å². The SMILES string of the molecule is C=CCNc1nnc(SCC(=O)N[C@H](CC(C)C)c2ccccc2)s1. The van der Waals surface area contributed by atoms with E-state index in [2.05, 4.69) is 53.4 Å². The number of amides is 1. The molecule has 0 aliphatic heterocycles. The standard InChI is InChI=1S/C18H24N4OS2/c1-4-10-19-17-21-22-18(25-17)24-12-16(23)20-15(11-13(2)3)14-8-6-5-7-9-14/h4-9,13,15H,1,10-12H2,2-3H3,(H,19,21)(H,20,23)/t15-/m1/s1. The minimum absolute atomic E-state index is 0.00954. The number of aromatic nitrogens is 2. The van der Waals surface area contributed by atoms with E-state index in [1.807, 2.05) is 18.2 Å². The molecule has 0 saturated carbocycles. The van der Waals surface area contributed by atoms with Crippen molar-refractivity contribution in [3.8, 4) is 0 Å². The first-order chi connectivity index (χ1) is 12.1. The summed E-state index contributed by atoms with van der Waals surface area (Å²) >= 11 is 2.85. The third-order valence-corrected chi connectivity index (χ3v) is 5.39. The van der Waals surface area contributed by atoms with Crippen LogP contribution in [0.1, 0.15) is 31.9 Å². The van der Waals surface area contributed by atoms with Gasteiger partial charge in [-0.3, -0.25) is 4.79 Å². The smallest absolute Gasteiger partial charge is 0.230 e. The summed E-state index contributed by atoms with van der Waals surface area (Å²) in [5, 5.41) is 15.1. The Hall–Kier alpha value is -1.86. The average Bonchev–Trinajstić information content (AvgIpc) is 3.06. The molecule has 0 fully saturated rings. The van der Waals surface area contributed by atoms with Gasteiger partial charge in [0.25, 0.3) is 0 Å². The number of nitrogens with one attached hydrogen (secondary N) is 2. The topological polar surface area (TPSA) is 66.9 Å². The Morgan fingerprint density at radius 2 is 2.08 bits per heavy atom. The number of benzene rings is 1. The van der Waals surface area contributed by atoms with E-state index in [1.54, 1.807) is 6.08 Å². The van der Waals surface area contributed by atoms with Crippen LogP contribution in [0.4, 0.5) is 5.13 Å². The van der Waals surface area contributed by atoms with Crippen molar-refractivity contribution >= 4 is 34.1 Å². The number of carbonyl (C=O) groups is 1. The molecule has 2 rings (SSSR count). The Morgan fingerprint density at radius 1 is 1.32 bits per heavy atom. The monoisotopic (exact) mass is 376 g/mol. The van der Waals surface area contributed by atoms with Crippen molar-refractivity contribution < 1.29 is 4.79 Å². The van der Waals surface area contributed by atoms with Crippen LogP contribution in [0.25, 0.3) is 0 Å². The van der Waals surface area contributed by atoms with Crippen molar-refractivity contribution in [2.24, 2.45) is 5.92 Å². The summed E-state index contributed by atoms with van der Waals surface area (Å²) in [6, 6.07) is 10.1. The fourth-order valence-electron chi connectivity index (χ4n) is 2.30. The molecule has 25 heavy (non-hydrogen) atoms. The molecule has 0 bridgehead atoms. The van der Waals surface area contributed by atoms with Crippen LogP contribution in [0.5, 0.6) is 0 Å². The van der Waals surface area contributed by atoms with E-state index in [9.17, 15) is 4.79 Å². The predicted octanol–water partition coefficient (Wildman–Crippen LogP) is 4.13. The van der Waals surface area contributed by atoms with Crippen molar-refractivity contribution in [1.29, 1.82) is 0 Å². The molecule has 0 aliphatic carbocycles. The molecule has 0 aliphatic rings. The highest BCUT2D eigenvalue weighted by molar-refractivity contribution is 8.01. The fraction of sp³-hybridized carbons (Fsp3) is 0.389. The molecule has 7 heteroatoms. The molecule has 5 nitrogen and oxygen atoms in total. The van der Waals surface area contributed by atoms with E-state index >= 15 is 0 Å². The van der Waals surface area contributed by atoms with Crippen molar-refractivity contribution in [3.05, 3.63) is 48.6 Å². The van der Waals surface area contributed by atoms with Gasteiger partial charge in [0, 0.05) is 6.54 Å². The summed E-state index contributed by atoms with van der Waals surface area (Å²) in [6.45, 7) is 8.62. The number of thioether (sulfide) groups is 1. The number of hydrogen-bond acceptors (Lipinski definition) is 6. The van der Waals surface area contributed by atoms with Gasteiger partial charge in [0.1, 0.15) is 0 Å². The fourth-order valence-corrected chi connectivity index (χ4v) is 3.87. The lowest BCUT2D eigenvalue weighted by atomic mass is 9.97. The summed E-state index contributed by atoms with van der Waals surface area (Å²) in [7, 11) is 0. The van der Waals surface area contributed by atoms with E-state index in [0.29, 0.717) is 18.2 Å². The third-order valence-electron chi connectivity index (χ3n) is 3.38. The molecule has 1 amide bonds. The van der Waals surface area contributed by atoms with Gasteiger partial charge < -0.3 is 10.6 Å². The zero-order chi connectivity index (χ0) is 18.1. The second kappa shape index (κ2) is 10.2. The molecular weight excluding hydrogens is 352 g/mol. The van der Waals surface area contributed by atoms with Crippen molar-refractivity contribution in [3.63, 3.8) is 0 Å². The first-order valence-electron chi connectivity index (χ1n) is 8.24. The molecule has 1 heterocycles. The quantitative estimate of drug-likeness (QED) is 0.482. The highest BCUT2D eigenvalue weighted by Gasteiger charge is 2.16. The van der Waals surface area contributed by atoms with Crippen LogP contribution in [0.2, 0.25) is 0 Å². The highest BCUT2D eigenvalue weighted by Crippen LogP contribution is 2.26. The lowest BCUT2D eigenvalue weighted by Gasteiger charge is -2.21. The normalized spacial score (nSPS) is 12.0. The molecule has 1 aromatic heterocycles. The van der Waals surface area contributed by atoms with E-state index in [4.69, 9.17) is 0 Å². The van der Waals surface area contributed by atoms with Crippen LogP contribution in [-0.2, 0) is 4.79 Å². The van der Waals surface area contributed by atoms with Gasteiger partial charge in [0.05, 0.1) is 11.8 Å². The number of rotatable bonds is 10.